The predicted molar refractivity (Wildman–Crippen MR) is 110 cm³/mol. The fourth-order valence-corrected chi connectivity index (χ4v) is 2.98. The Balaban J connectivity index is 2.00. The van der Waals surface area contributed by atoms with Gasteiger partial charge in [-0.2, -0.15) is 0 Å². The van der Waals surface area contributed by atoms with E-state index in [-0.39, 0.29) is 5.91 Å². The number of nitrogens with zero attached hydrogens (tertiary/aromatic N) is 1. The van der Waals surface area contributed by atoms with Crippen molar-refractivity contribution in [2.24, 2.45) is 0 Å². The topological polar surface area (TPSA) is 50.8 Å². The predicted octanol–water partition coefficient (Wildman–Crippen LogP) is 4.60. The molecule has 0 atom stereocenters. The zero-order chi connectivity index (χ0) is 19.8. The lowest BCUT2D eigenvalue weighted by atomic mass is 10.2. The van der Waals surface area contributed by atoms with Gasteiger partial charge in [-0.25, -0.2) is 0 Å². The number of anilines is 1. The van der Waals surface area contributed by atoms with Crippen molar-refractivity contribution >= 4 is 23.2 Å². The first-order valence-corrected chi connectivity index (χ1v) is 9.31. The van der Waals surface area contributed by atoms with Gasteiger partial charge in [0.2, 0.25) is 5.91 Å². The molecule has 2 aromatic rings. The van der Waals surface area contributed by atoms with Crippen LogP contribution in [0, 0.1) is 0 Å². The molecule has 0 aliphatic heterocycles. The van der Waals surface area contributed by atoms with Gasteiger partial charge in [0.25, 0.3) is 0 Å². The van der Waals surface area contributed by atoms with Crippen LogP contribution in [0.4, 0.5) is 5.69 Å². The van der Waals surface area contributed by atoms with Gasteiger partial charge < -0.3 is 14.8 Å². The summed E-state index contributed by atoms with van der Waals surface area (Å²) >= 11 is 6.11. The van der Waals surface area contributed by atoms with Gasteiger partial charge in [-0.05, 0) is 19.4 Å². The average Bonchev–Trinajstić information content (AvgIpc) is 2.66. The van der Waals surface area contributed by atoms with Crippen molar-refractivity contribution < 1.29 is 14.3 Å². The number of hydrogen-bond acceptors (Lipinski definition) is 4. The number of nitrogens with one attached hydrogen (secondary N) is 1. The number of methoxy groups -OCH3 is 2. The monoisotopic (exact) mass is 390 g/mol. The number of benzene rings is 2. The maximum Gasteiger partial charge on any atom is 0.225 e. The quantitative estimate of drug-likeness (QED) is 0.680. The number of halogens is 1. The van der Waals surface area contributed by atoms with E-state index in [2.05, 4.69) is 36.2 Å². The molecule has 0 aromatic heterocycles. The van der Waals surface area contributed by atoms with Crippen LogP contribution in [0.15, 0.2) is 42.5 Å². The van der Waals surface area contributed by atoms with Crippen molar-refractivity contribution in [1.82, 2.24) is 4.90 Å². The Morgan fingerprint density at radius 1 is 1.11 bits per heavy atom. The van der Waals surface area contributed by atoms with Crippen LogP contribution in [0.1, 0.15) is 25.8 Å². The summed E-state index contributed by atoms with van der Waals surface area (Å²) in [5, 5.41) is 3.32. The molecule has 1 N–H and O–H groups in total. The molecule has 5 nitrogen and oxygen atoms in total. The molecule has 146 valence electrons. The average molecular weight is 391 g/mol. The molecule has 0 aliphatic carbocycles. The molecule has 27 heavy (non-hydrogen) atoms. The Hall–Kier alpha value is -2.24. The smallest absolute Gasteiger partial charge is 0.225 e. The Bertz CT molecular complexity index is 751. The van der Waals surface area contributed by atoms with Crippen LogP contribution < -0.4 is 14.8 Å². The molecule has 2 aromatic carbocycles. The third-order valence-corrected chi connectivity index (χ3v) is 4.63. The van der Waals surface area contributed by atoms with Crippen LogP contribution in [0.2, 0.25) is 5.02 Å². The second-order valence-corrected chi connectivity index (χ2v) is 6.94. The van der Waals surface area contributed by atoms with Crippen LogP contribution in [0.5, 0.6) is 11.5 Å². The minimum Gasteiger partial charge on any atom is -0.495 e. The highest BCUT2D eigenvalue weighted by atomic mass is 35.5. The van der Waals surface area contributed by atoms with E-state index in [0.717, 1.165) is 6.54 Å². The van der Waals surface area contributed by atoms with Crippen molar-refractivity contribution in [3.63, 3.8) is 0 Å². The Morgan fingerprint density at radius 2 is 1.78 bits per heavy atom. The molecule has 2 rings (SSSR count). The van der Waals surface area contributed by atoms with Gasteiger partial charge in [0.05, 0.1) is 24.9 Å². The van der Waals surface area contributed by atoms with Gasteiger partial charge in [-0.1, -0.05) is 41.9 Å². The minimum absolute atomic E-state index is 0.0867. The van der Waals surface area contributed by atoms with E-state index in [1.807, 2.05) is 18.2 Å². The summed E-state index contributed by atoms with van der Waals surface area (Å²) in [7, 11) is 3.07. The summed E-state index contributed by atoms with van der Waals surface area (Å²) in [6.45, 7) is 5.73. The van der Waals surface area contributed by atoms with E-state index in [0.29, 0.717) is 41.2 Å². The lowest BCUT2D eigenvalue weighted by molar-refractivity contribution is -0.116. The first-order valence-electron chi connectivity index (χ1n) is 8.94. The number of hydrogen-bond donors (Lipinski definition) is 1. The Labute approximate surface area is 166 Å². The van der Waals surface area contributed by atoms with Gasteiger partial charge >= 0.3 is 0 Å². The maximum absolute atomic E-state index is 12.5. The minimum atomic E-state index is -0.0867. The summed E-state index contributed by atoms with van der Waals surface area (Å²) in [5.74, 6) is 0.899. The first kappa shape index (κ1) is 21.1. The van der Waals surface area contributed by atoms with Gasteiger partial charge in [0.15, 0.2) is 0 Å². The molecule has 0 saturated carbocycles. The third-order valence-electron chi connectivity index (χ3n) is 4.33. The maximum atomic E-state index is 12.5. The Morgan fingerprint density at radius 3 is 2.37 bits per heavy atom. The normalized spacial score (nSPS) is 10.9. The molecule has 0 aliphatic rings. The van der Waals surface area contributed by atoms with Crippen molar-refractivity contribution in [1.29, 1.82) is 0 Å². The van der Waals surface area contributed by atoms with E-state index >= 15 is 0 Å². The van der Waals surface area contributed by atoms with Crippen molar-refractivity contribution in [3.8, 4) is 11.5 Å². The number of carbonyl (C=O) groups excluding carboxylic acids is 1. The number of rotatable bonds is 9. The molecule has 0 radical (unpaired) electrons. The van der Waals surface area contributed by atoms with E-state index in [9.17, 15) is 4.79 Å². The highest BCUT2D eigenvalue weighted by molar-refractivity contribution is 6.32. The Kier molecular flexibility index (Phi) is 7.95. The van der Waals surface area contributed by atoms with Crippen molar-refractivity contribution in [3.05, 3.63) is 53.1 Å². The second-order valence-electron chi connectivity index (χ2n) is 6.54. The summed E-state index contributed by atoms with van der Waals surface area (Å²) in [6, 6.07) is 13.9. The molecule has 0 saturated heterocycles. The van der Waals surface area contributed by atoms with E-state index in [4.69, 9.17) is 21.1 Å². The van der Waals surface area contributed by atoms with Crippen LogP contribution in [0.3, 0.4) is 0 Å². The summed E-state index contributed by atoms with van der Waals surface area (Å²) in [6.07, 6.45) is 0.374. The highest BCUT2D eigenvalue weighted by Gasteiger charge is 2.15. The summed E-state index contributed by atoms with van der Waals surface area (Å²) in [4.78, 5) is 14.7. The number of amides is 1. The first-order chi connectivity index (χ1) is 12.9. The van der Waals surface area contributed by atoms with Gasteiger partial charge in [-0.3, -0.25) is 9.69 Å². The van der Waals surface area contributed by atoms with E-state index in [1.54, 1.807) is 12.1 Å². The zero-order valence-corrected chi connectivity index (χ0v) is 17.0. The molecule has 1 amide bonds. The van der Waals surface area contributed by atoms with Crippen LogP contribution >= 0.6 is 11.6 Å². The molecule has 0 heterocycles. The molecular weight excluding hydrogens is 364 g/mol. The SMILES string of the molecule is COc1cc(NC(=O)CCN(Cc2ccccc2)C(C)C)c(OC)cc1Cl. The largest absolute Gasteiger partial charge is 0.495 e. The third kappa shape index (κ3) is 6.15. The highest BCUT2D eigenvalue weighted by Crippen LogP contribution is 2.35. The second kappa shape index (κ2) is 10.2. The number of carbonyl (C=O) groups is 1. The lowest BCUT2D eigenvalue weighted by Gasteiger charge is -2.26. The standard InChI is InChI=1S/C21H27ClN2O3/c1-15(2)24(14-16-8-6-5-7-9-16)11-10-21(25)23-18-13-19(26-3)17(22)12-20(18)27-4/h5-9,12-13,15H,10-11,14H2,1-4H3,(H,23,25). The van der Waals surface area contributed by atoms with Crippen LogP contribution in [-0.4, -0.2) is 37.6 Å². The van der Waals surface area contributed by atoms with Crippen LogP contribution in [0.25, 0.3) is 0 Å². The summed E-state index contributed by atoms with van der Waals surface area (Å²) < 4.78 is 10.5. The lowest BCUT2D eigenvalue weighted by Crippen LogP contribution is -2.33. The van der Waals surface area contributed by atoms with Crippen molar-refractivity contribution in [2.45, 2.75) is 32.9 Å². The molecule has 0 bridgehead atoms. The molecule has 0 fully saturated rings. The van der Waals surface area contributed by atoms with E-state index < -0.39 is 0 Å². The molecule has 0 unspecified atom stereocenters. The fraction of sp³-hybridized carbons (Fsp3) is 0.381. The van der Waals surface area contributed by atoms with Crippen molar-refractivity contribution in [2.75, 3.05) is 26.1 Å². The van der Waals surface area contributed by atoms with Crippen LogP contribution in [-0.2, 0) is 11.3 Å². The molecular formula is C21H27ClN2O3. The summed E-state index contributed by atoms with van der Waals surface area (Å²) in [5.41, 5.74) is 1.78. The zero-order valence-electron chi connectivity index (χ0n) is 16.3. The van der Waals surface area contributed by atoms with E-state index in [1.165, 1.54) is 19.8 Å². The fourth-order valence-electron chi connectivity index (χ4n) is 2.75. The number of ether oxygens (including phenoxy) is 2. The van der Waals surface area contributed by atoms with Gasteiger partial charge in [0, 0.05) is 37.7 Å². The van der Waals surface area contributed by atoms with Gasteiger partial charge in [-0.15, -0.1) is 0 Å². The molecule has 0 spiro atoms. The van der Waals surface area contributed by atoms with Gasteiger partial charge in [0.1, 0.15) is 11.5 Å². The molecule has 6 heteroatoms.